The minimum absolute atomic E-state index is 0.0261. The molecule has 0 saturated carbocycles. The Morgan fingerprint density at radius 1 is 1.05 bits per heavy atom. The van der Waals surface area contributed by atoms with Gasteiger partial charge in [0.15, 0.2) is 5.43 Å². The van der Waals surface area contributed by atoms with Crippen LogP contribution in [0.25, 0.3) is 11.1 Å². The molecule has 1 aromatic rings. The fourth-order valence-electron chi connectivity index (χ4n) is 2.45. The van der Waals surface area contributed by atoms with E-state index >= 15 is 0 Å². The maximum Gasteiger partial charge on any atom is 0.179 e. The SMILES string of the molecule is C=CC(c1ccc(Cl)cc1)n1ccc2cc(=O)ccc-2c1. The van der Waals surface area contributed by atoms with Crippen LogP contribution in [0.1, 0.15) is 11.6 Å². The summed E-state index contributed by atoms with van der Waals surface area (Å²) in [7, 11) is 0. The summed E-state index contributed by atoms with van der Waals surface area (Å²) in [6, 6.07) is 14.8. The number of hydrogen-bond acceptors (Lipinski definition) is 1. The van der Waals surface area contributed by atoms with Gasteiger partial charge in [0.05, 0.1) is 6.04 Å². The van der Waals surface area contributed by atoms with Crippen LogP contribution < -0.4 is 5.43 Å². The Morgan fingerprint density at radius 2 is 1.81 bits per heavy atom. The normalized spacial score (nSPS) is 12.2. The molecular weight excluding hydrogens is 282 g/mol. The molecule has 1 atom stereocenters. The molecular formula is C18H14ClNO. The molecule has 0 N–H and O–H groups in total. The third-order valence-corrected chi connectivity index (χ3v) is 3.78. The van der Waals surface area contributed by atoms with Crippen molar-refractivity contribution < 1.29 is 0 Å². The minimum Gasteiger partial charge on any atom is -0.343 e. The Morgan fingerprint density at radius 3 is 2.52 bits per heavy atom. The van der Waals surface area contributed by atoms with Crippen molar-refractivity contribution in [2.75, 3.05) is 0 Å². The van der Waals surface area contributed by atoms with E-state index in [0.29, 0.717) is 5.02 Å². The second-order valence-corrected chi connectivity index (χ2v) is 5.35. The van der Waals surface area contributed by atoms with Gasteiger partial charge in [-0.3, -0.25) is 4.79 Å². The van der Waals surface area contributed by atoms with Crippen LogP contribution in [0.15, 0.2) is 78.4 Å². The highest BCUT2D eigenvalue weighted by Crippen LogP contribution is 2.25. The fourth-order valence-corrected chi connectivity index (χ4v) is 2.57. The molecule has 1 heterocycles. The van der Waals surface area contributed by atoms with Gasteiger partial charge in [-0.1, -0.05) is 29.8 Å². The van der Waals surface area contributed by atoms with Gasteiger partial charge in [0.2, 0.25) is 0 Å². The van der Waals surface area contributed by atoms with E-state index in [-0.39, 0.29) is 11.5 Å². The van der Waals surface area contributed by atoms with Gasteiger partial charge in [0, 0.05) is 17.4 Å². The number of aromatic nitrogens is 1. The van der Waals surface area contributed by atoms with E-state index in [9.17, 15) is 4.79 Å². The second kappa shape index (κ2) is 5.58. The molecule has 0 bridgehead atoms. The first-order valence-electron chi connectivity index (χ1n) is 6.67. The van der Waals surface area contributed by atoms with Crippen molar-refractivity contribution in [1.82, 2.24) is 4.57 Å². The Labute approximate surface area is 128 Å². The predicted molar refractivity (Wildman–Crippen MR) is 87.1 cm³/mol. The first-order chi connectivity index (χ1) is 10.2. The van der Waals surface area contributed by atoms with Crippen LogP contribution in [0.3, 0.4) is 0 Å². The van der Waals surface area contributed by atoms with Gasteiger partial charge in [-0.15, -0.1) is 6.58 Å². The molecule has 0 amide bonds. The summed E-state index contributed by atoms with van der Waals surface area (Å²) < 4.78 is 2.07. The van der Waals surface area contributed by atoms with E-state index in [0.717, 1.165) is 16.7 Å². The first-order valence-corrected chi connectivity index (χ1v) is 7.05. The van der Waals surface area contributed by atoms with E-state index in [1.807, 2.05) is 54.9 Å². The third kappa shape index (κ3) is 2.76. The van der Waals surface area contributed by atoms with Crippen LogP contribution in [-0.2, 0) is 0 Å². The number of allylic oxidation sites excluding steroid dienone is 1. The Hall–Kier alpha value is -2.32. The number of benzene rings is 2. The zero-order valence-electron chi connectivity index (χ0n) is 11.4. The molecule has 3 rings (SSSR count). The van der Waals surface area contributed by atoms with E-state index in [2.05, 4.69) is 11.1 Å². The highest BCUT2D eigenvalue weighted by atomic mass is 35.5. The van der Waals surface area contributed by atoms with Gasteiger partial charge in [-0.2, -0.15) is 0 Å². The van der Waals surface area contributed by atoms with Crippen LogP contribution in [0, 0.1) is 0 Å². The lowest BCUT2D eigenvalue weighted by Gasteiger charge is -2.19. The maximum atomic E-state index is 11.4. The van der Waals surface area contributed by atoms with E-state index < -0.39 is 0 Å². The summed E-state index contributed by atoms with van der Waals surface area (Å²) in [5, 5.41) is 0.716. The van der Waals surface area contributed by atoms with Crippen LogP contribution in [0.4, 0.5) is 0 Å². The average Bonchev–Trinajstić information content (AvgIpc) is 2.50. The average molecular weight is 296 g/mol. The Kier molecular flexibility index (Phi) is 3.63. The number of pyridine rings is 1. The molecule has 1 aromatic carbocycles. The van der Waals surface area contributed by atoms with Gasteiger partial charge in [-0.25, -0.2) is 0 Å². The molecule has 21 heavy (non-hydrogen) atoms. The molecule has 104 valence electrons. The summed E-state index contributed by atoms with van der Waals surface area (Å²) >= 11 is 5.94. The lowest BCUT2D eigenvalue weighted by molar-refractivity contribution is 0.696. The van der Waals surface area contributed by atoms with Crippen LogP contribution in [0.5, 0.6) is 0 Å². The zero-order chi connectivity index (χ0) is 14.8. The minimum atomic E-state index is 0.0261. The van der Waals surface area contributed by atoms with Crippen molar-refractivity contribution in [1.29, 1.82) is 0 Å². The second-order valence-electron chi connectivity index (χ2n) is 4.91. The lowest BCUT2D eigenvalue weighted by atomic mass is 10.0. The van der Waals surface area contributed by atoms with Crippen molar-refractivity contribution >= 4 is 11.6 Å². The highest BCUT2D eigenvalue weighted by molar-refractivity contribution is 6.30. The summed E-state index contributed by atoms with van der Waals surface area (Å²) in [6.45, 7) is 3.93. The monoisotopic (exact) mass is 295 g/mol. The highest BCUT2D eigenvalue weighted by Gasteiger charge is 2.10. The number of fused-ring (bicyclic) bond motifs is 1. The molecule has 0 radical (unpaired) electrons. The summed E-state index contributed by atoms with van der Waals surface area (Å²) in [6.07, 6.45) is 5.87. The van der Waals surface area contributed by atoms with Crippen molar-refractivity contribution in [3.8, 4) is 11.1 Å². The molecule has 0 spiro atoms. The number of nitrogens with zero attached hydrogens (tertiary/aromatic N) is 1. The van der Waals surface area contributed by atoms with Gasteiger partial charge in [-0.05, 0) is 53.1 Å². The van der Waals surface area contributed by atoms with Gasteiger partial charge < -0.3 is 4.57 Å². The van der Waals surface area contributed by atoms with E-state index in [1.165, 1.54) is 0 Å². The van der Waals surface area contributed by atoms with E-state index in [4.69, 9.17) is 11.6 Å². The zero-order valence-corrected chi connectivity index (χ0v) is 12.1. The van der Waals surface area contributed by atoms with Crippen molar-refractivity contribution in [3.05, 3.63) is 94.4 Å². The summed E-state index contributed by atoms with van der Waals surface area (Å²) in [5.41, 5.74) is 3.10. The lowest BCUT2D eigenvalue weighted by Crippen LogP contribution is -2.09. The van der Waals surface area contributed by atoms with Crippen LogP contribution in [-0.4, -0.2) is 4.57 Å². The van der Waals surface area contributed by atoms with Crippen LogP contribution >= 0.6 is 11.6 Å². The topological polar surface area (TPSA) is 22.0 Å². The maximum absolute atomic E-state index is 11.4. The predicted octanol–water partition coefficient (Wildman–Crippen LogP) is 4.38. The number of hydrogen-bond donors (Lipinski definition) is 0. The number of halogens is 1. The van der Waals surface area contributed by atoms with E-state index in [1.54, 1.807) is 12.1 Å². The van der Waals surface area contributed by atoms with Crippen LogP contribution in [0.2, 0.25) is 5.02 Å². The Bertz CT molecular complexity index is 804. The summed E-state index contributed by atoms with van der Waals surface area (Å²) in [5.74, 6) is 0. The smallest absolute Gasteiger partial charge is 0.179 e. The fraction of sp³-hybridized carbons (Fsp3) is 0.0556. The van der Waals surface area contributed by atoms with Gasteiger partial charge in [0.1, 0.15) is 0 Å². The molecule has 1 unspecified atom stereocenters. The molecule has 0 fully saturated rings. The first kappa shape index (κ1) is 13.7. The van der Waals surface area contributed by atoms with Crippen molar-refractivity contribution in [2.24, 2.45) is 0 Å². The molecule has 2 nitrogen and oxygen atoms in total. The van der Waals surface area contributed by atoms with Gasteiger partial charge in [0.25, 0.3) is 0 Å². The van der Waals surface area contributed by atoms with Crippen molar-refractivity contribution in [2.45, 2.75) is 6.04 Å². The largest absolute Gasteiger partial charge is 0.343 e. The molecule has 0 saturated heterocycles. The quantitative estimate of drug-likeness (QED) is 0.657. The van der Waals surface area contributed by atoms with Gasteiger partial charge >= 0.3 is 0 Å². The molecule has 1 aliphatic carbocycles. The molecule has 0 aromatic heterocycles. The summed E-state index contributed by atoms with van der Waals surface area (Å²) in [4.78, 5) is 11.4. The molecule has 3 heteroatoms. The molecule has 2 aliphatic rings. The standard InChI is InChI=1S/C18H14ClNO/c1-2-18(13-3-6-16(19)7-4-13)20-10-9-14-11-17(21)8-5-15(14)12-20/h2-12,18H,1H2. The Balaban J connectivity index is 2.07. The van der Waals surface area contributed by atoms with Crippen molar-refractivity contribution in [3.63, 3.8) is 0 Å². The third-order valence-electron chi connectivity index (χ3n) is 3.53. The number of rotatable bonds is 3. The molecule has 1 aliphatic heterocycles.